The predicted molar refractivity (Wildman–Crippen MR) is 45.1 cm³/mol. The van der Waals surface area contributed by atoms with Crippen LogP contribution in [0.15, 0.2) is 9.63 Å². The number of rotatable bonds is 2. The van der Waals surface area contributed by atoms with Crippen molar-refractivity contribution in [3.8, 4) is 0 Å². The minimum Gasteiger partial charge on any atom is -0.185 e. The SMILES string of the molecule is C/N=N\SC1C(C)CC1C. The lowest BCUT2D eigenvalue weighted by Gasteiger charge is -2.38. The Balaban J connectivity index is 2.26. The molecule has 0 N–H and O–H groups in total. The average molecular weight is 158 g/mol. The molecule has 58 valence electrons. The van der Waals surface area contributed by atoms with Crippen LogP contribution < -0.4 is 0 Å². The van der Waals surface area contributed by atoms with Gasteiger partial charge in [0.15, 0.2) is 0 Å². The Kier molecular flexibility index (Phi) is 2.72. The number of nitrogens with zero attached hydrogens (tertiary/aromatic N) is 2. The average Bonchev–Trinajstić information content (AvgIpc) is 1.89. The molecule has 1 saturated carbocycles. The normalized spacial score (nSPS) is 40.1. The molecule has 1 aliphatic rings. The van der Waals surface area contributed by atoms with E-state index >= 15 is 0 Å². The lowest BCUT2D eigenvalue weighted by atomic mass is 9.77. The van der Waals surface area contributed by atoms with E-state index in [0.717, 1.165) is 17.1 Å². The zero-order valence-electron chi connectivity index (χ0n) is 6.74. The van der Waals surface area contributed by atoms with Crippen molar-refractivity contribution in [3.05, 3.63) is 0 Å². The van der Waals surface area contributed by atoms with Crippen LogP contribution in [0.2, 0.25) is 0 Å². The second kappa shape index (κ2) is 3.37. The Bertz CT molecular complexity index is 128. The van der Waals surface area contributed by atoms with Gasteiger partial charge in [0.05, 0.1) is 0 Å². The third-order valence-electron chi connectivity index (χ3n) is 2.12. The topological polar surface area (TPSA) is 24.7 Å². The standard InChI is InChI=1S/C7H14N2S/c1-5-4-6(2)7(5)10-9-8-3/h5-7H,4H2,1-3H3/b9-8-. The molecule has 1 aliphatic carbocycles. The first kappa shape index (κ1) is 8.05. The van der Waals surface area contributed by atoms with Crippen LogP contribution >= 0.6 is 11.9 Å². The maximum absolute atomic E-state index is 3.94. The molecule has 0 aromatic heterocycles. The van der Waals surface area contributed by atoms with E-state index in [1.165, 1.54) is 6.42 Å². The van der Waals surface area contributed by atoms with Gasteiger partial charge in [0.1, 0.15) is 0 Å². The molecule has 0 heterocycles. The van der Waals surface area contributed by atoms with E-state index in [2.05, 4.69) is 23.5 Å². The van der Waals surface area contributed by atoms with E-state index in [-0.39, 0.29) is 0 Å². The summed E-state index contributed by atoms with van der Waals surface area (Å²) in [7, 11) is 1.72. The number of hydrogen-bond acceptors (Lipinski definition) is 3. The third-order valence-corrected chi connectivity index (χ3v) is 3.55. The molecule has 0 aliphatic heterocycles. The quantitative estimate of drug-likeness (QED) is 0.448. The Morgan fingerprint density at radius 2 is 1.90 bits per heavy atom. The predicted octanol–water partition coefficient (Wildman–Crippen LogP) is 2.76. The summed E-state index contributed by atoms with van der Waals surface area (Å²) >= 11 is 1.64. The first-order valence-electron chi connectivity index (χ1n) is 3.70. The van der Waals surface area contributed by atoms with E-state index in [4.69, 9.17) is 0 Å². The lowest BCUT2D eigenvalue weighted by molar-refractivity contribution is 0.249. The summed E-state index contributed by atoms with van der Waals surface area (Å²) < 4.78 is 3.94. The maximum Gasteiger partial charge on any atom is 0.0498 e. The lowest BCUT2D eigenvalue weighted by Crippen LogP contribution is -2.35. The van der Waals surface area contributed by atoms with Crippen molar-refractivity contribution in [2.24, 2.45) is 21.5 Å². The molecule has 0 amide bonds. The van der Waals surface area contributed by atoms with Gasteiger partial charge in [-0.2, -0.15) is 5.11 Å². The molecular weight excluding hydrogens is 144 g/mol. The van der Waals surface area contributed by atoms with Crippen molar-refractivity contribution >= 4 is 11.9 Å². The van der Waals surface area contributed by atoms with E-state index in [9.17, 15) is 0 Å². The van der Waals surface area contributed by atoms with Gasteiger partial charge in [-0.25, -0.2) is 0 Å². The Labute approximate surface area is 66.6 Å². The van der Waals surface area contributed by atoms with Crippen LogP contribution in [0.1, 0.15) is 20.3 Å². The van der Waals surface area contributed by atoms with Crippen LogP contribution in [0, 0.1) is 11.8 Å². The van der Waals surface area contributed by atoms with Crippen LogP contribution in [0.5, 0.6) is 0 Å². The van der Waals surface area contributed by atoms with Gasteiger partial charge in [-0.15, -0.1) is 4.52 Å². The fourth-order valence-corrected chi connectivity index (χ4v) is 2.37. The second-order valence-electron chi connectivity index (χ2n) is 3.04. The summed E-state index contributed by atoms with van der Waals surface area (Å²) in [6.45, 7) is 4.56. The van der Waals surface area contributed by atoms with Gasteiger partial charge < -0.3 is 0 Å². The molecule has 2 unspecified atom stereocenters. The van der Waals surface area contributed by atoms with Crippen LogP contribution in [-0.4, -0.2) is 12.3 Å². The van der Waals surface area contributed by atoms with E-state index in [1.807, 2.05) is 0 Å². The smallest absolute Gasteiger partial charge is 0.0498 e. The van der Waals surface area contributed by atoms with Crippen molar-refractivity contribution in [1.82, 2.24) is 0 Å². The van der Waals surface area contributed by atoms with Crippen molar-refractivity contribution in [1.29, 1.82) is 0 Å². The molecule has 3 heteroatoms. The van der Waals surface area contributed by atoms with Crippen molar-refractivity contribution in [2.75, 3.05) is 7.05 Å². The van der Waals surface area contributed by atoms with Crippen LogP contribution in [0.4, 0.5) is 0 Å². The van der Waals surface area contributed by atoms with Gasteiger partial charge in [-0.05, 0) is 18.3 Å². The summed E-state index contributed by atoms with van der Waals surface area (Å²) in [6, 6.07) is 0. The highest BCUT2D eigenvalue weighted by molar-refractivity contribution is 7.98. The van der Waals surface area contributed by atoms with Gasteiger partial charge in [-0.1, -0.05) is 13.8 Å². The molecule has 1 rings (SSSR count). The fourth-order valence-electron chi connectivity index (χ4n) is 1.53. The molecular formula is C7H14N2S. The second-order valence-corrected chi connectivity index (χ2v) is 3.96. The first-order valence-corrected chi connectivity index (χ1v) is 4.54. The summed E-state index contributed by atoms with van der Waals surface area (Å²) in [5.41, 5.74) is 0. The zero-order valence-corrected chi connectivity index (χ0v) is 7.56. The number of hydrogen-bond donors (Lipinski definition) is 0. The van der Waals surface area contributed by atoms with Gasteiger partial charge in [-0.3, -0.25) is 0 Å². The molecule has 0 aromatic carbocycles. The van der Waals surface area contributed by atoms with Crippen molar-refractivity contribution < 1.29 is 0 Å². The van der Waals surface area contributed by atoms with Gasteiger partial charge in [0.2, 0.25) is 0 Å². The minimum absolute atomic E-state index is 0.726. The highest BCUT2D eigenvalue weighted by Crippen LogP contribution is 2.42. The first-order chi connectivity index (χ1) is 4.75. The van der Waals surface area contributed by atoms with Crippen LogP contribution in [-0.2, 0) is 0 Å². The van der Waals surface area contributed by atoms with E-state index < -0.39 is 0 Å². The minimum atomic E-state index is 0.726. The molecule has 0 radical (unpaired) electrons. The van der Waals surface area contributed by atoms with Gasteiger partial charge in [0, 0.05) is 24.2 Å². The van der Waals surface area contributed by atoms with Crippen molar-refractivity contribution in [2.45, 2.75) is 25.5 Å². The summed E-state index contributed by atoms with van der Waals surface area (Å²) in [6.07, 6.45) is 1.36. The summed E-state index contributed by atoms with van der Waals surface area (Å²) in [5, 5.41) is 4.44. The fraction of sp³-hybridized carbons (Fsp3) is 1.00. The molecule has 2 atom stereocenters. The summed E-state index contributed by atoms with van der Waals surface area (Å²) in [4.78, 5) is 0. The molecule has 0 spiro atoms. The molecule has 1 fully saturated rings. The van der Waals surface area contributed by atoms with Gasteiger partial charge >= 0.3 is 0 Å². The zero-order chi connectivity index (χ0) is 7.56. The summed E-state index contributed by atoms with van der Waals surface area (Å²) in [5.74, 6) is 1.68. The van der Waals surface area contributed by atoms with Crippen LogP contribution in [0.3, 0.4) is 0 Å². The molecule has 0 saturated heterocycles. The molecule has 0 bridgehead atoms. The van der Waals surface area contributed by atoms with Gasteiger partial charge in [0.25, 0.3) is 0 Å². The molecule has 0 aromatic rings. The largest absolute Gasteiger partial charge is 0.185 e. The highest BCUT2D eigenvalue weighted by atomic mass is 32.2. The third kappa shape index (κ3) is 1.51. The van der Waals surface area contributed by atoms with Crippen molar-refractivity contribution in [3.63, 3.8) is 0 Å². The Morgan fingerprint density at radius 3 is 2.30 bits per heavy atom. The highest BCUT2D eigenvalue weighted by Gasteiger charge is 2.35. The monoisotopic (exact) mass is 158 g/mol. The van der Waals surface area contributed by atoms with Crippen LogP contribution in [0.25, 0.3) is 0 Å². The Morgan fingerprint density at radius 1 is 1.30 bits per heavy atom. The Hall–Kier alpha value is -0.0500. The maximum atomic E-state index is 3.94. The molecule has 2 nitrogen and oxygen atoms in total. The van der Waals surface area contributed by atoms with E-state index in [0.29, 0.717) is 0 Å². The molecule has 10 heavy (non-hydrogen) atoms. The van der Waals surface area contributed by atoms with E-state index in [1.54, 1.807) is 19.0 Å².